The molecule has 1 aromatic heterocycles. The topological polar surface area (TPSA) is 22.1 Å². The fraction of sp³-hybridized carbons (Fsp3) is 0.0625. The first-order valence-corrected chi connectivity index (χ1v) is 6.97. The van der Waals surface area contributed by atoms with Crippen molar-refractivity contribution in [2.45, 2.75) is 6.10 Å². The van der Waals surface area contributed by atoms with Crippen LogP contribution >= 0.6 is 11.3 Å². The summed E-state index contributed by atoms with van der Waals surface area (Å²) < 4.78 is 19.7. The molecule has 20 heavy (non-hydrogen) atoms. The molecule has 0 saturated carbocycles. The highest BCUT2D eigenvalue weighted by Gasteiger charge is 2.19. The Hall–Kier alpha value is -2.20. The molecule has 0 radical (unpaired) electrons. The maximum atomic E-state index is 13.0. The van der Waals surface area contributed by atoms with Gasteiger partial charge in [-0.15, -0.1) is 11.3 Å². The van der Waals surface area contributed by atoms with Crippen molar-refractivity contribution >= 4 is 21.6 Å². The Bertz CT molecular complexity index is 703. The van der Waals surface area contributed by atoms with Gasteiger partial charge in [0, 0.05) is 0 Å². The lowest BCUT2D eigenvalue weighted by molar-refractivity contribution is 0.183. The molecule has 0 aliphatic heterocycles. The molecule has 0 saturated heterocycles. The summed E-state index contributed by atoms with van der Waals surface area (Å²) in [6.07, 6.45) is 1.03. The van der Waals surface area contributed by atoms with Crippen molar-refractivity contribution in [2.24, 2.45) is 0 Å². The predicted octanol–water partition coefficient (Wildman–Crippen LogP) is 4.68. The SMILES string of the molecule is C=COC(c1ccc(F)cc1)c1nc2ccccc2s1. The Kier molecular flexibility index (Phi) is 3.48. The molecule has 2 aromatic carbocycles. The molecule has 0 amide bonds. The summed E-state index contributed by atoms with van der Waals surface area (Å²) in [4.78, 5) is 4.58. The number of nitrogens with zero attached hydrogens (tertiary/aromatic N) is 1. The third-order valence-electron chi connectivity index (χ3n) is 2.94. The number of fused-ring (bicyclic) bond motifs is 1. The number of benzene rings is 2. The normalized spacial score (nSPS) is 12.2. The molecule has 2 nitrogen and oxygen atoms in total. The molecule has 0 aliphatic rings. The summed E-state index contributed by atoms with van der Waals surface area (Å²) in [7, 11) is 0. The van der Waals surface area contributed by atoms with E-state index in [-0.39, 0.29) is 11.9 Å². The highest BCUT2D eigenvalue weighted by molar-refractivity contribution is 7.18. The van der Waals surface area contributed by atoms with E-state index in [0.717, 1.165) is 20.8 Å². The number of thiazole rings is 1. The van der Waals surface area contributed by atoms with Gasteiger partial charge in [0.1, 0.15) is 10.8 Å². The van der Waals surface area contributed by atoms with Crippen molar-refractivity contribution in [1.29, 1.82) is 0 Å². The Morgan fingerprint density at radius 2 is 1.90 bits per heavy atom. The van der Waals surface area contributed by atoms with E-state index < -0.39 is 0 Å². The molecule has 0 fully saturated rings. The molecular weight excluding hydrogens is 273 g/mol. The fourth-order valence-electron chi connectivity index (χ4n) is 2.02. The van der Waals surface area contributed by atoms with Crippen LogP contribution in [0.5, 0.6) is 0 Å². The first-order chi connectivity index (χ1) is 9.78. The van der Waals surface area contributed by atoms with Crippen molar-refractivity contribution in [3.63, 3.8) is 0 Å². The summed E-state index contributed by atoms with van der Waals surface area (Å²) in [5.41, 5.74) is 1.79. The van der Waals surface area contributed by atoms with Crippen molar-refractivity contribution in [2.75, 3.05) is 0 Å². The molecule has 1 unspecified atom stereocenters. The van der Waals surface area contributed by atoms with E-state index in [2.05, 4.69) is 11.6 Å². The summed E-state index contributed by atoms with van der Waals surface area (Å²) in [6.45, 7) is 3.60. The van der Waals surface area contributed by atoms with Gasteiger partial charge in [-0.25, -0.2) is 9.37 Å². The third-order valence-corrected chi connectivity index (χ3v) is 4.02. The maximum Gasteiger partial charge on any atom is 0.174 e. The van der Waals surface area contributed by atoms with Gasteiger partial charge in [-0.05, 0) is 29.8 Å². The minimum absolute atomic E-state index is 0.268. The molecule has 1 atom stereocenters. The van der Waals surface area contributed by atoms with Gasteiger partial charge in [-0.3, -0.25) is 0 Å². The Morgan fingerprint density at radius 3 is 2.60 bits per heavy atom. The summed E-state index contributed by atoms with van der Waals surface area (Å²) in [5, 5.41) is 0.831. The number of halogens is 1. The standard InChI is InChI=1S/C16H12FNOS/c1-2-19-15(11-7-9-12(17)10-8-11)16-18-13-5-3-4-6-14(13)20-16/h2-10,15H,1H2. The number of ether oxygens (including phenoxy) is 1. The average molecular weight is 285 g/mol. The number of rotatable bonds is 4. The largest absolute Gasteiger partial charge is 0.487 e. The van der Waals surface area contributed by atoms with E-state index in [1.807, 2.05) is 24.3 Å². The van der Waals surface area contributed by atoms with Gasteiger partial charge in [-0.2, -0.15) is 0 Å². The molecular formula is C16H12FNOS. The fourth-order valence-corrected chi connectivity index (χ4v) is 3.05. The molecule has 0 aliphatic carbocycles. The van der Waals surface area contributed by atoms with Crippen LogP contribution < -0.4 is 0 Å². The van der Waals surface area contributed by atoms with Crippen LogP contribution in [0.3, 0.4) is 0 Å². The van der Waals surface area contributed by atoms with Crippen LogP contribution in [0.2, 0.25) is 0 Å². The number of para-hydroxylation sites is 1. The van der Waals surface area contributed by atoms with E-state index in [1.165, 1.54) is 18.4 Å². The van der Waals surface area contributed by atoms with Gasteiger partial charge in [0.2, 0.25) is 0 Å². The van der Waals surface area contributed by atoms with Crippen LogP contribution in [0.1, 0.15) is 16.7 Å². The highest BCUT2D eigenvalue weighted by Crippen LogP contribution is 2.32. The predicted molar refractivity (Wildman–Crippen MR) is 79.1 cm³/mol. The second-order valence-electron chi connectivity index (χ2n) is 4.25. The van der Waals surface area contributed by atoms with E-state index in [1.54, 1.807) is 23.5 Å². The lowest BCUT2D eigenvalue weighted by atomic mass is 10.1. The Morgan fingerprint density at radius 1 is 1.15 bits per heavy atom. The van der Waals surface area contributed by atoms with Crippen molar-refractivity contribution in [1.82, 2.24) is 4.98 Å². The smallest absolute Gasteiger partial charge is 0.174 e. The van der Waals surface area contributed by atoms with Gasteiger partial charge < -0.3 is 4.74 Å². The van der Waals surface area contributed by atoms with E-state index in [9.17, 15) is 4.39 Å². The molecule has 100 valence electrons. The lowest BCUT2D eigenvalue weighted by Gasteiger charge is -2.14. The highest BCUT2D eigenvalue weighted by atomic mass is 32.1. The van der Waals surface area contributed by atoms with Crippen LogP contribution in [0.4, 0.5) is 4.39 Å². The summed E-state index contributed by atoms with van der Waals surface area (Å²) >= 11 is 1.57. The van der Waals surface area contributed by atoms with Crippen LogP contribution in [0, 0.1) is 5.82 Å². The van der Waals surface area contributed by atoms with Crippen LogP contribution in [0.15, 0.2) is 61.4 Å². The van der Waals surface area contributed by atoms with Gasteiger partial charge in [-0.1, -0.05) is 30.8 Å². The van der Waals surface area contributed by atoms with Gasteiger partial charge >= 0.3 is 0 Å². The van der Waals surface area contributed by atoms with Crippen molar-refractivity contribution in [3.8, 4) is 0 Å². The molecule has 0 N–H and O–H groups in total. The molecule has 3 aromatic rings. The summed E-state index contributed by atoms with van der Waals surface area (Å²) in [5.74, 6) is -0.268. The van der Waals surface area contributed by atoms with Crippen molar-refractivity contribution in [3.05, 3.63) is 77.8 Å². The van der Waals surface area contributed by atoms with E-state index in [0.29, 0.717) is 0 Å². The van der Waals surface area contributed by atoms with E-state index in [4.69, 9.17) is 4.74 Å². The van der Waals surface area contributed by atoms with E-state index >= 15 is 0 Å². The van der Waals surface area contributed by atoms with Crippen LogP contribution in [0.25, 0.3) is 10.2 Å². The maximum absolute atomic E-state index is 13.0. The van der Waals surface area contributed by atoms with Gasteiger partial charge in [0.25, 0.3) is 0 Å². The molecule has 4 heteroatoms. The quantitative estimate of drug-likeness (QED) is 0.649. The minimum atomic E-state index is -0.356. The third kappa shape index (κ3) is 2.42. The van der Waals surface area contributed by atoms with Crippen LogP contribution in [-0.2, 0) is 4.74 Å². The second-order valence-corrected chi connectivity index (χ2v) is 5.32. The number of aromatic nitrogens is 1. The zero-order valence-electron chi connectivity index (χ0n) is 10.6. The monoisotopic (exact) mass is 285 g/mol. The molecule has 1 heterocycles. The average Bonchev–Trinajstić information content (AvgIpc) is 2.89. The first-order valence-electron chi connectivity index (χ1n) is 6.15. The Labute approximate surface area is 120 Å². The molecule has 3 rings (SSSR count). The molecule has 0 bridgehead atoms. The van der Waals surface area contributed by atoms with Gasteiger partial charge in [0.05, 0.1) is 16.5 Å². The first kappa shape index (κ1) is 12.8. The minimum Gasteiger partial charge on any atom is -0.487 e. The number of hydrogen-bond acceptors (Lipinski definition) is 3. The van der Waals surface area contributed by atoms with Gasteiger partial charge in [0.15, 0.2) is 6.10 Å². The zero-order chi connectivity index (χ0) is 13.9. The summed E-state index contributed by atoms with van der Waals surface area (Å²) in [6, 6.07) is 14.2. The van der Waals surface area contributed by atoms with Crippen molar-refractivity contribution < 1.29 is 9.13 Å². The number of hydrogen-bond donors (Lipinski definition) is 0. The Balaban J connectivity index is 2.05. The van der Waals surface area contributed by atoms with Crippen LogP contribution in [-0.4, -0.2) is 4.98 Å². The second kappa shape index (κ2) is 5.43. The zero-order valence-corrected chi connectivity index (χ0v) is 11.4. The molecule has 0 spiro atoms. The lowest BCUT2D eigenvalue weighted by Crippen LogP contribution is -2.02.